The van der Waals surface area contributed by atoms with Gasteiger partial charge in [0.05, 0.1) is 19.6 Å². The fraction of sp³-hybridized carbons (Fsp3) is 0.375. The number of carbonyl (C=O) groups is 3. The average molecular weight is 546 g/mol. The molecule has 0 amide bonds. The van der Waals surface area contributed by atoms with Crippen LogP contribution in [-0.2, 0) is 19.1 Å². The summed E-state index contributed by atoms with van der Waals surface area (Å²) in [7, 11) is 1.40. The Morgan fingerprint density at radius 1 is 0.975 bits per heavy atom. The molecule has 0 N–H and O–H groups in total. The maximum Gasteiger partial charge on any atom is 0.309 e. The number of esters is 2. The number of methoxy groups -OCH3 is 1. The summed E-state index contributed by atoms with van der Waals surface area (Å²) in [6.45, 7) is 5.24. The van der Waals surface area contributed by atoms with Crippen LogP contribution in [0, 0.1) is 11.8 Å². The Morgan fingerprint density at radius 3 is 2.38 bits per heavy atom. The van der Waals surface area contributed by atoms with Gasteiger partial charge < -0.3 is 18.9 Å². The molecule has 2 aromatic carbocycles. The average Bonchev–Trinajstić information content (AvgIpc) is 3.78. The third-order valence-corrected chi connectivity index (χ3v) is 6.75. The summed E-state index contributed by atoms with van der Waals surface area (Å²) in [5.74, 6) is -1.72. The standard InChI is InChI=1S/C32H35NO7/c1-20(17-27(35)29-31(40-22(3)34)28(37-4)15-16-33-29)32(36)39-21(2)30(38-19-23-13-14-23)26-12-8-11-25(18-26)24-9-6-5-7-10-24/h5-12,15-16,18,20-21,23,30H,13-14,17,19H2,1-4H3/t20-,21+,30+/m1/s1. The zero-order valence-corrected chi connectivity index (χ0v) is 23.3. The molecule has 0 bridgehead atoms. The lowest BCUT2D eigenvalue weighted by molar-refractivity contribution is -0.161. The first kappa shape index (κ1) is 29.0. The van der Waals surface area contributed by atoms with E-state index in [1.54, 1.807) is 6.92 Å². The molecule has 40 heavy (non-hydrogen) atoms. The second-order valence-corrected chi connectivity index (χ2v) is 10.1. The predicted octanol–water partition coefficient (Wildman–Crippen LogP) is 5.99. The van der Waals surface area contributed by atoms with Crippen LogP contribution in [0.25, 0.3) is 11.1 Å². The number of Topliss-reactive ketones (excluding diaryl/α,β-unsaturated/α-hetero) is 1. The van der Waals surface area contributed by atoms with Gasteiger partial charge in [0.25, 0.3) is 0 Å². The van der Waals surface area contributed by atoms with Gasteiger partial charge in [-0.2, -0.15) is 0 Å². The van der Waals surface area contributed by atoms with Gasteiger partial charge in [0.2, 0.25) is 5.75 Å². The Bertz CT molecular complexity index is 1340. The third kappa shape index (κ3) is 7.54. The number of nitrogens with zero attached hydrogens (tertiary/aromatic N) is 1. The number of hydrogen-bond acceptors (Lipinski definition) is 8. The van der Waals surface area contributed by atoms with E-state index in [4.69, 9.17) is 18.9 Å². The van der Waals surface area contributed by atoms with Crippen LogP contribution in [0.1, 0.15) is 62.2 Å². The molecule has 210 valence electrons. The maximum atomic E-state index is 13.1. The molecule has 3 aromatic rings. The summed E-state index contributed by atoms with van der Waals surface area (Å²) in [5.41, 5.74) is 2.97. The molecule has 1 aliphatic carbocycles. The van der Waals surface area contributed by atoms with E-state index < -0.39 is 35.8 Å². The second kappa shape index (κ2) is 13.3. The Morgan fingerprint density at radius 2 is 1.70 bits per heavy atom. The summed E-state index contributed by atoms with van der Waals surface area (Å²) < 4.78 is 22.6. The minimum Gasteiger partial charge on any atom is -0.493 e. The fourth-order valence-electron chi connectivity index (χ4n) is 4.40. The molecule has 0 radical (unpaired) electrons. The highest BCUT2D eigenvalue weighted by Crippen LogP contribution is 2.35. The van der Waals surface area contributed by atoms with Gasteiger partial charge in [-0.15, -0.1) is 0 Å². The molecule has 8 nitrogen and oxygen atoms in total. The van der Waals surface area contributed by atoms with Gasteiger partial charge in [-0.3, -0.25) is 14.4 Å². The van der Waals surface area contributed by atoms with Crippen LogP contribution in [0.2, 0.25) is 0 Å². The summed E-state index contributed by atoms with van der Waals surface area (Å²) in [6, 6.07) is 19.6. The van der Waals surface area contributed by atoms with Crippen LogP contribution in [0.3, 0.4) is 0 Å². The summed E-state index contributed by atoms with van der Waals surface area (Å²) in [6.07, 6.45) is 2.41. The predicted molar refractivity (Wildman–Crippen MR) is 149 cm³/mol. The minimum atomic E-state index is -0.770. The van der Waals surface area contributed by atoms with E-state index in [1.807, 2.05) is 55.5 Å². The number of benzene rings is 2. The van der Waals surface area contributed by atoms with Gasteiger partial charge in [-0.05, 0) is 48.4 Å². The molecule has 8 heteroatoms. The molecule has 3 atom stereocenters. The molecular weight excluding hydrogens is 510 g/mol. The highest BCUT2D eigenvalue weighted by Gasteiger charge is 2.31. The number of ether oxygens (including phenoxy) is 4. The lowest BCUT2D eigenvalue weighted by Crippen LogP contribution is -2.29. The molecule has 0 unspecified atom stereocenters. The van der Waals surface area contributed by atoms with Crippen LogP contribution < -0.4 is 9.47 Å². The van der Waals surface area contributed by atoms with Crippen LogP contribution in [0.4, 0.5) is 0 Å². The number of rotatable bonds is 13. The summed E-state index contributed by atoms with van der Waals surface area (Å²) >= 11 is 0. The van der Waals surface area contributed by atoms with Gasteiger partial charge in [0.1, 0.15) is 12.2 Å². The molecule has 0 saturated heterocycles. The minimum absolute atomic E-state index is 0.0664. The molecular formula is C32H35NO7. The molecule has 1 saturated carbocycles. The molecule has 1 aliphatic rings. The van der Waals surface area contributed by atoms with Gasteiger partial charge in [0.15, 0.2) is 17.2 Å². The molecule has 4 rings (SSSR count). The maximum absolute atomic E-state index is 13.1. The zero-order valence-electron chi connectivity index (χ0n) is 23.3. The zero-order chi connectivity index (χ0) is 28.6. The third-order valence-electron chi connectivity index (χ3n) is 6.75. The lowest BCUT2D eigenvalue weighted by Gasteiger charge is -2.26. The number of carbonyl (C=O) groups excluding carboxylic acids is 3. The lowest BCUT2D eigenvalue weighted by atomic mass is 9.98. The van der Waals surface area contributed by atoms with Crippen molar-refractivity contribution in [2.45, 2.75) is 52.2 Å². The summed E-state index contributed by atoms with van der Waals surface area (Å²) in [5, 5.41) is 0. The van der Waals surface area contributed by atoms with Crippen molar-refractivity contribution < 1.29 is 33.3 Å². The quantitative estimate of drug-likeness (QED) is 0.191. The van der Waals surface area contributed by atoms with Crippen LogP contribution in [0.15, 0.2) is 66.9 Å². The van der Waals surface area contributed by atoms with Crippen LogP contribution in [-0.4, -0.2) is 42.5 Å². The molecule has 1 heterocycles. The second-order valence-electron chi connectivity index (χ2n) is 10.1. The number of hydrogen-bond donors (Lipinski definition) is 0. The van der Waals surface area contributed by atoms with Crippen molar-refractivity contribution in [3.63, 3.8) is 0 Å². The fourth-order valence-corrected chi connectivity index (χ4v) is 4.40. The van der Waals surface area contributed by atoms with Gasteiger partial charge in [-0.25, -0.2) is 4.98 Å². The first-order chi connectivity index (χ1) is 19.3. The van der Waals surface area contributed by atoms with Crippen LogP contribution in [0.5, 0.6) is 11.5 Å². The first-order valence-corrected chi connectivity index (χ1v) is 13.5. The van der Waals surface area contributed by atoms with E-state index in [9.17, 15) is 14.4 Å². The Balaban J connectivity index is 1.47. The van der Waals surface area contributed by atoms with Gasteiger partial charge in [0, 0.05) is 25.6 Å². The number of ketones is 1. The van der Waals surface area contributed by atoms with Crippen molar-refractivity contribution in [3.05, 3.63) is 78.1 Å². The normalized spacial score (nSPS) is 15.0. The number of aromatic nitrogens is 1. The van der Waals surface area contributed by atoms with Crippen molar-refractivity contribution in [2.24, 2.45) is 11.8 Å². The molecule has 1 fully saturated rings. The largest absolute Gasteiger partial charge is 0.493 e. The topological polar surface area (TPSA) is 101 Å². The first-order valence-electron chi connectivity index (χ1n) is 13.5. The van der Waals surface area contributed by atoms with Crippen molar-refractivity contribution in [1.29, 1.82) is 0 Å². The highest BCUT2D eigenvalue weighted by atomic mass is 16.6. The van der Waals surface area contributed by atoms with Crippen LogP contribution >= 0.6 is 0 Å². The Hall–Kier alpha value is -4.04. The smallest absolute Gasteiger partial charge is 0.309 e. The molecule has 0 spiro atoms. The van der Waals surface area contributed by atoms with Crippen molar-refractivity contribution in [1.82, 2.24) is 4.98 Å². The monoisotopic (exact) mass is 545 g/mol. The molecule has 1 aromatic heterocycles. The van der Waals surface area contributed by atoms with E-state index in [0.29, 0.717) is 12.5 Å². The Kier molecular flexibility index (Phi) is 9.66. The summed E-state index contributed by atoms with van der Waals surface area (Å²) in [4.78, 5) is 41.9. The van der Waals surface area contributed by atoms with Crippen molar-refractivity contribution in [3.8, 4) is 22.6 Å². The highest BCUT2D eigenvalue weighted by molar-refractivity contribution is 5.99. The van der Waals surface area contributed by atoms with E-state index >= 15 is 0 Å². The van der Waals surface area contributed by atoms with Gasteiger partial charge >= 0.3 is 11.9 Å². The SMILES string of the molecule is COc1ccnc(C(=O)C[C@@H](C)C(=O)O[C@@H](C)[C@H](OCC2CC2)c2cccc(-c3ccccc3)c2)c1OC(C)=O. The van der Waals surface area contributed by atoms with E-state index in [1.165, 1.54) is 26.3 Å². The van der Waals surface area contributed by atoms with Crippen molar-refractivity contribution in [2.75, 3.05) is 13.7 Å². The molecule has 0 aliphatic heterocycles. The van der Waals surface area contributed by atoms with E-state index in [-0.39, 0.29) is 23.6 Å². The van der Waals surface area contributed by atoms with E-state index in [0.717, 1.165) is 29.5 Å². The van der Waals surface area contributed by atoms with E-state index in [2.05, 4.69) is 11.1 Å². The van der Waals surface area contributed by atoms with Gasteiger partial charge in [-0.1, -0.05) is 55.5 Å². The number of pyridine rings is 1. The van der Waals surface area contributed by atoms with Crippen molar-refractivity contribution >= 4 is 17.7 Å². The Labute approximate surface area is 234 Å².